The molecule has 2 N–H and O–H groups in total. The average molecular weight is 1060 g/mol. The quantitative estimate of drug-likeness (QED) is 0.0197. The van der Waals surface area contributed by atoms with Crippen LogP contribution in [0.15, 0.2) is 60.8 Å². The van der Waals surface area contributed by atoms with Gasteiger partial charge in [0, 0.05) is 19.3 Å². The average Bonchev–Trinajstić information content (AvgIpc) is 3.39. The highest BCUT2D eigenvalue weighted by Crippen LogP contribution is 2.43. The lowest BCUT2D eigenvalue weighted by Crippen LogP contribution is -2.30. The summed E-state index contributed by atoms with van der Waals surface area (Å²) < 4.78 is 39.5. The van der Waals surface area contributed by atoms with E-state index in [1.165, 1.54) is 128 Å². The predicted molar refractivity (Wildman–Crippen MR) is 307 cm³/mol. The highest BCUT2D eigenvalue weighted by molar-refractivity contribution is 7.47. The second-order valence-electron chi connectivity index (χ2n) is 20.1. The molecule has 74 heavy (non-hydrogen) atoms. The van der Waals surface area contributed by atoms with Crippen LogP contribution in [0.4, 0.5) is 0 Å². The zero-order valence-electron chi connectivity index (χ0n) is 47.6. The van der Waals surface area contributed by atoms with Gasteiger partial charge in [0.15, 0.2) is 6.10 Å². The third-order valence-electron chi connectivity index (χ3n) is 13.0. The first kappa shape index (κ1) is 71.2. The smallest absolute Gasteiger partial charge is 0.462 e. The van der Waals surface area contributed by atoms with Gasteiger partial charge in [-0.3, -0.25) is 23.4 Å². The SMILES string of the molecule is CC/C=C\C/C=C\C/C=C\C/C=C\C/C=C\CCCCCC(=O)OCC(COP(=O)(O)OCC(CO)OC(=O)CCCCCCCCCCC)OC(=O)CCCCCCCCCCCCCCCCCCCCC. The maximum atomic E-state index is 12.9. The molecule has 3 unspecified atom stereocenters. The number of unbranched alkanes of at least 4 members (excludes halogenated alkanes) is 29. The van der Waals surface area contributed by atoms with E-state index in [0.29, 0.717) is 19.3 Å². The van der Waals surface area contributed by atoms with Gasteiger partial charge in [0.2, 0.25) is 0 Å². The number of esters is 3. The number of phosphoric acid groups is 1. The van der Waals surface area contributed by atoms with Gasteiger partial charge in [-0.15, -0.1) is 0 Å². The molecule has 0 aliphatic heterocycles. The van der Waals surface area contributed by atoms with Crippen molar-refractivity contribution in [3.63, 3.8) is 0 Å². The number of allylic oxidation sites excluding steroid dienone is 10. The Morgan fingerprint density at radius 1 is 0.392 bits per heavy atom. The number of hydrogen-bond donors (Lipinski definition) is 2. The number of carbonyl (C=O) groups is 3. The van der Waals surface area contributed by atoms with Crippen molar-refractivity contribution in [1.29, 1.82) is 0 Å². The molecule has 0 aliphatic rings. The van der Waals surface area contributed by atoms with Gasteiger partial charge < -0.3 is 24.2 Å². The van der Waals surface area contributed by atoms with Gasteiger partial charge in [-0.2, -0.15) is 0 Å². The van der Waals surface area contributed by atoms with Crippen LogP contribution in [0, 0.1) is 0 Å². The second kappa shape index (κ2) is 56.4. The molecule has 0 radical (unpaired) electrons. The molecule has 0 spiro atoms. The number of ether oxygens (including phenoxy) is 3. The van der Waals surface area contributed by atoms with Gasteiger partial charge in [-0.1, -0.05) is 255 Å². The Balaban J connectivity index is 4.72. The minimum Gasteiger partial charge on any atom is -0.462 e. The number of rotatable bonds is 56. The molecule has 0 heterocycles. The molecule has 0 aliphatic carbocycles. The first-order valence-corrected chi connectivity index (χ1v) is 31.7. The Bertz CT molecular complexity index is 1470. The highest BCUT2D eigenvalue weighted by atomic mass is 31.2. The number of carbonyl (C=O) groups excluding carboxylic acids is 3. The van der Waals surface area contributed by atoms with Crippen LogP contribution in [0.3, 0.4) is 0 Å². The van der Waals surface area contributed by atoms with Crippen LogP contribution in [-0.4, -0.2) is 66.5 Å². The summed E-state index contributed by atoms with van der Waals surface area (Å²) in [6, 6.07) is 0. The molecular weight excluding hydrogens is 952 g/mol. The monoisotopic (exact) mass is 1060 g/mol. The maximum Gasteiger partial charge on any atom is 0.472 e. The number of phosphoric ester groups is 1. The molecule has 11 nitrogen and oxygen atoms in total. The molecule has 0 saturated carbocycles. The van der Waals surface area contributed by atoms with Crippen molar-refractivity contribution in [1.82, 2.24) is 0 Å². The third-order valence-corrected chi connectivity index (χ3v) is 13.9. The van der Waals surface area contributed by atoms with Gasteiger partial charge in [-0.25, -0.2) is 4.57 Å². The molecule has 0 saturated heterocycles. The molecule has 0 bridgehead atoms. The Labute approximate surface area is 453 Å². The lowest BCUT2D eigenvalue weighted by atomic mass is 10.0. The lowest BCUT2D eigenvalue weighted by Gasteiger charge is -2.21. The first-order chi connectivity index (χ1) is 36.2. The molecule has 0 rings (SSSR count). The lowest BCUT2D eigenvalue weighted by molar-refractivity contribution is -0.161. The minimum absolute atomic E-state index is 0.164. The summed E-state index contributed by atoms with van der Waals surface area (Å²) in [6.45, 7) is 4.51. The molecule has 0 amide bonds. The van der Waals surface area contributed by atoms with Crippen LogP contribution >= 0.6 is 7.82 Å². The van der Waals surface area contributed by atoms with Crippen LogP contribution in [0.2, 0.25) is 0 Å². The van der Waals surface area contributed by atoms with E-state index < -0.39 is 57.8 Å². The zero-order chi connectivity index (χ0) is 54.1. The van der Waals surface area contributed by atoms with Crippen molar-refractivity contribution >= 4 is 25.7 Å². The molecule has 12 heteroatoms. The first-order valence-electron chi connectivity index (χ1n) is 30.2. The van der Waals surface area contributed by atoms with Crippen LogP contribution in [-0.2, 0) is 42.2 Å². The summed E-state index contributed by atoms with van der Waals surface area (Å²) in [5.74, 6) is -1.49. The largest absolute Gasteiger partial charge is 0.472 e. The van der Waals surface area contributed by atoms with Crippen molar-refractivity contribution in [3.05, 3.63) is 60.8 Å². The molecule has 3 atom stereocenters. The fourth-order valence-corrected chi connectivity index (χ4v) is 9.17. The molecule has 0 aromatic carbocycles. The Hall–Kier alpha value is -2.82. The van der Waals surface area contributed by atoms with Gasteiger partial charge in [-0.05, 0) is 64.2 Å². The van der Waals surface area contributed by atoms with Gasteiger partial charge in [0.05, 0.1) is 19.8 Å². The molecule has 0 fully saturated rings. The Morgan fingerprint density at radius 2 is 0.703 bits per heavy atom. The summed E-state index contributed by atoms with van der Waals surface area (Å²) in [5.41, 5.74) is 0. The predicted octanol–water partition coefficient (Wildman–Crippen LogP) is 17.9. The fourth-order valence-electron chi connectivity index (χ4n) is 8.38. The van der Waals surface area contributed by atoms with Crippen LogP contribution in [0.1, 0.15) is 278 Å². The number of aliphatic hydroxyl groups is 1. The third kappa shape index (κ3) is 54.0. The van der Waals surface area contributed by atoms with E-state index in [4.69, 9.17) is 23.3 Å². The maximum absolute atomic E-state index is 12.9. The van der Waals surface area contributed by atoms with Crippen molar-refractivity contribution in [2.75, 3.05) is 26.4 Å². The highest BCUT2D eigenvalue weighted by Gasteiger charge is 2.28. The topological polar surface area (TPSA) is 155 Å². The zero-order valence-corrected chi connectivity index (χ0v) is 48.5. The van der Waals surface area contributed by atoms with Crippen molar-refractivity contribution in [3.8, 4) is 0 Å². The Morgan fingerprint density at radius 3 is 1.08 bits per heavy atom. The van der Waals surface area contributed by atoms with E-state index in [0.717, 1.165) is 89.9 Å². The van der Waals surface area contributed by atoms with Crippen molar-refractivity contribution in [2.24, 2.45) is 0 Å². The van der Waals surface area contributed by atoms with E-state index in [1.807, 2.05) is 0 Å². The molecule has 0 aromatic rings. The van der Waals surface area contributed by atoms with Gasteiger partial charge in [0.25, 0.3) is 0 Å². The summed E-state index contributed by atoms with van der Waals surface area (Å²) in [5, 5.41) is 9.78. The van der Waals surface area contributed by atoms with E-state index in [2.05, 4.69) is 81.5 Å². The standard InChI is InChI=1S/C62H111O11P/c1-4-7-10-13-16-19-21-23-25-27-29-31-33-35-37-40-42-45-48-51-60(64)69-55-59(57-71-74(67,68)70-56-58(54-63)72-61(65)52-49-46-43-39-18-15-12-9-6-3)73-62(66)53-50-47-44-41-38-36-34-32-30-28-26-24-22-20-17-14-11-8-5-2/h7,10,16,19,23,25,29,31,35,37,58-59,63H,4-6,8-9,11-15,17-18,20-22,24,26-28,30,32-34,36,38-57H2,1-3H3,(H,67,68)/b10-7-,19-16-,25-23-,31-29-,37-35-. The molecule has 0 aromatic heterocycles. The number of aliphatic hydroxyl groups excluding tert-OH is 1. The van der Waals surface area contributed by atoms with Crippen molar-refractivity contribution in [2.45, 2.75) is 290 Å². The normalized spacial score (nSPS) is 13.7. The van der Waals surface area contributed by atoms with E-state index >= 15 is 0 Å². The summed E-state index contributed by atoms with van der Waals surface area (Å²) in [4.78, 5) is 48.5. The number of hydrogen-bond acceptors (Lipinski definition) is 10. The van der Waals surface area contributed by atoms with E-state index in [9.17, 15) is 28.9 Å². The fraction of sp³-hybridized carbons (Fsp3) is 0.790. The van der Waals surface area contributed by atoms with Crippen LogP contribution in [0.5, 0.6) is 0 Å². The van der Waals surface area contributed by atoms with E-state index in [1.54, 1.807) is 0 Å². The van der Waals surface area contributed by atoms with E-state index in [-0.39, 0.29) is 25.9 Å². The summed E-state index contributed by atoms with van der Waals surface area (Å²) in [7, 11) is -4.75. The van der Waals surface area contributed by atoms with Gasteiger partial charge >= 0.3 is 25.7 Å². The van der Waals surface area contributed by atoms with Crippen molar-refractivity contribution < 1.29 is 52.2 Å². The van der Waals surface area contributed by atoms with Crippen LogP contribution in [0.25, 0.3) is 0 Å². The second-order valence-corrected chi connectivity index (χ2v) is 21.6. The minimum atomic E-state index is -4.75. The summed E-state index contributed by atoms with van der Waals surface area (Å²) >= 11 is 0. The summed E-state index contributed by atoms with van der Waals surface area (Å²) in [6.07, 6.45) is 61.9. The van der Waals surface area contributed by atoms with Crippen LogP contribution < -0.4 is 0 Å². The van der Waals surface area contributed by atoms with Gasteiger partial charge in [0.1, 0.15) is 12.7 Å². The molecule has 430 valence electrons. The molecular formula is C62H111O11P. The Kier molecular flexibility index (Phi) is 54.2.